The first kappa shape index (κ1) is 16.2. The fourth-order valence-corrected chi connectivity index (χ4v) is 3.27. The number of fused-ring (bicyclic) bond motifs is 1. The molecule has 25 heavy (non-hydrogen) atoms. The fourth-order valence-electron chi connectivity index (χ4n) is 3.10. The lowest BCUT2D eigenvalue weighted by molar-refractivity contribution is -0.110. The van der Waals surface area contributed by atoms with E-state index in [4.69, 9.17) is 21.1 Å². The van der Waals surface area contributed by atoms with Gasteiger partial charge in [0.05, 0.1) is 11.8 Å². The maximum Gasteiger partial charge on any atom is 0.256 e. The van der Waals surface area contributed by atoms with Gasteiger partial charge in [-0.3, -0.25) is 4.79 Å². The van der Waals surface area contributed by atoms with E-state index in [0.717, 1.165) is 42.0 Å². The van der Waals surface area contributed by atoms with Gasteiger partial charge in [0.25, 0.3) is 5.91 Å². The highest BCUT2D eigenvalue weighted by atomic mass is 35.5. The largest absolute Gasteiger partial charge is 0.491 e. The van der Waals surface area contributed by atoms with Crippen LogP contribution in [0.1, 0.15) is 24.0 Å². The van der Waals surface area contributed by atoms with Crippen LogP contribution < -0.4 is 10.1 Å². The number of rotatable bonds is 4. The van der Waals surface area contributed by atoms with Crippen LogP contribution in [0.15, 0.2) is 42.5 Å². The summed E-state index contributed by atoms with van der Waals surface area (Å²) < 4.78 is 11.3. The summed E-state index contributed by atoms with van der Waals surface area (Å²) in [7, 11) is 0. The number of anilines is 1. The van der Waals surface area contributed by atoms with Gasteiger partial charge in [0.2, 0.25) is 0 Å². The van der Waals surface area contributed by atoms with Gasteiger partial charge in [-0.1, -0.05) is 29.8 Å². The number of carbonyl (C=O) groups is 1. The Hall–Kier alpha value is -2.30. The van der Waals surface area contributed by atoms with Gasteiger partial charge in [0, 0.05) is 22.8 Å². The Morgan fingerprint density at radius 1 is 1.24 bits per heavy atom. The molecule has 1 amide bonds. The number of halogens is 1. The highest BCUT2D eigenvalue weighted by Crippen LogP contribution is 2.35. The van der Waals surface area contributed by atoms with E-state index in [-0.39, 0.29) is 12.0 Å². The molecule has 128 valence electrons. The zero-order chi connectivity index (χ0) is 17.2. The van der Waals surface area contributed by atoms with Crippen LogP contribution in [-0.4, -0.2) is 25.2 Å². The highest BCUT2D eigenvalue weighted by molar-refractivity contribution is 6.36. The van der Waals surface area contributed by atoms with Gasteiger partial charge in [-0.15, -0.1) is 0 Å². The Kier molecular flexibility index (Phi) is 4.47. The van der Waals surface area contributed by atoms with E-state index in [0.29, 0.717) is 17.2 Å². The molecule has 1 N–H and O–H groups in total. The minimum absolute atomic E-state index is 0.115. The Bertz CT molecular complexity index is 823. The first-order chi connectivity index (χ1) is 12.2. The molecule has 2 aromatic carbocycles. The molecule has 0 aromatic heterocycles. The van der Waals surface area contributed by atoms with Crippen molar-refractivity contribution in [1.29, 1.82) is 0 Å². The molecule has 2 heterocycles. The SMILES string of the molecule is O=C1Nc2cc(Cl)ccc2/C1=C/c1ccc(OCC2CCCO2)cc1. The summed E-state index contributed by atoms with van der Waals surface area (Å²) in [6, 6.07) is 13.1. The summed E-state index contributed by atoms with van der Waals surface area (Å²) in [4.78, 5) is 12.2. The zero-order valence-electron chi connectivity index (χ0n) is 13.6. The quantitative estimate of drug-likeness (QED) is 0.827. The molecule has 0 spiro atoms. The van der Waals surface area contributed by atoms with Crippen molar-refractivity contribution in [2.75, 3.05) is 18.5 Å². The predicted molar refractivity (Wildman–Crippen MR) is 98.9 cm³/mol. The predicted octanol–water partition coefficient (Wildman–Crippen LogP) is 4.39. The van der Waals surface area contributed by atoms with Crippen LogP contribution in [0.2, 0.25) is 5.02 Å². The molecular weight excluding hydrogens is 338 g/mol. The van der Waals surface area contributed by atoms with Gasteiger partial charge < -0.3 is 14.8 Å². The van der Waals surface area contributed by atoms with Gasteiger partial charge in [-0.05, 0) is 48.7 Å². The van der Waals surface area contributed by atoms with Crippen LogP contribution >= 0.6 is 11.6 Å². The zero-order valence-corrected chi connectivity index (χ0v) is 14.4. The van der Waals surface area contributed by atoms with Crippen molar-refractivity contribution >= 4 is 34.8 Å². The van der Waals surface area contributed by atoms with Crippen LogP contribution in [0.4, 0.5) is 5.69 Å². The maximum atomic E-state index is 12.2. The van der Waals surface area contributed by atoms with E-state index >= 15 is 0 Å². The molecule has 4 nitrogen and oxygen atoms in total. The van der Waals surface area contributed by atoms with Crippen molar-refractivity contribution in [2.45, 2.75) is 18.9 Å². The minimum atomic E-state index is -0.115. The number of benzene rings is 2. The van der Waals surface area contributed by atoms with Crippen LogP contribution in [0.3, 0.4) is 0 Å². The van der Waals surface area contributed by atoms with Crippen molar-refractivity contribution in [3.8, 4) is 5.75 Å². The molecule has 0 saturated carbocycles. The van der Waals surface area contributed by atoms with Gasteiger partial charge in [-0.2, -0.15) is 0 Å². The summed E-state index contributed by atoms with van der Waals surface area (Å²) >= 11 is 5.98. The van der Waals surface area contributed by atoms with Crippen molar-refractivity contribution in [1.82, 2.24) is 0 Å². The molecule has 2 aromatic rings. The highest BCUT2D eigenvalue weighted by Gasteiger charge is 2.24. The maximum absolute atomic E-state index is 12.2. The third kappa shape index (κ3) is 3.55. The second kappa shape index (κ2) is 6.90. The Morgan fingerprint density at radius 2 is 2.08 bits per heavy atom. The summed E-state index contributed by atoms with van der Waals surface area (Å²) in [6.45, 7) is 1.41. The lowest BCUT2D eigenvalue weighted by atomic mass is 10.0. The van der Waals surface area contributed by atoms with Crippen LogP contribution in [-0.2, 0) is 9.53 Å². The fraction of sp³-hybridized carbons (Fsp3) is 0.250. The minimum Gasteiger partial charge on any atom is -0.491 e. The smallest absolute Gasteiger partial charge is 0.256 e. The van der Waals surface area contributed by atoms with Crippen molar-refractivity contribution in [3.63, 3.8) is 0 Å². The molecule has 0 radical (unpaired) electrons. The van der Waals surface area contributed by atoms with E-state index in [9.17, 15) is 4.79 Å². The number of hydrogen-bond donors (Lipinski definition) is 1. The van der Waals surface area contributed by atoms with Crippen molar-refractivity contribution in [3.05, 3.63) is 58.6 Å². The first-order valence-corrected chi connectivity index (χ1v) is 8.74. The first-order valence-electron chi connectivity index (χ1n) is 8.36. The van der Waals surface area contributed by atoms with Crippen molar-refractivity contribution in [2.24, 2.45) is 0 Å². The lowest BCUT2D eigenvalue weighted by Gasteiger charge is -2.11. The molecular formula is C20H18ClNO3. The second-order valence-corrected chi connectivity index (χ2v) is 6.65. The van der Waals surface area contributed by atoms with Crippen molar-refractivity contribution < 1.29 is 14.3 Å². The van der Waals surface area contributed by atoms with Gasteiger partial charge in [0.15, 0.2) is 0 Å². The number of amides is 1. The average Bonchev–Trinajstić information content (AvgIpc) is 3.22. The number of carbonyl (C=O) groups excluding carboxylic acids is 1. The average molecular weight is 356 g/mol. The monoisotopic (exact) mass is 355 g/mol. The van der Waals surface area contributed by atoms with E-state index in [1.54, 1.807) is 12.1 Å². The van der Waals surface area contributed by atoms with Crippen LogP contribution in [0, 0.1) is 0 Å². The molecule has 2 aliphatic heterocycles. The van der Waals surface area contributed by atoms with Crippen LogP contribution in [0.5, 0.6) is 5.75 Å². The lowest BCUT2D eigenvalue weighted by Crippen LogP contribution is -2.16. The standard InChI is InChI=1S/C20H18ClNO3/c21-14-5-8-17-18(20(23)22-19(17)11-14)10-13-3-6-15(7-4-13)25-12-16-2-1-9-24-16/h3-8,10-11,16H,1-2,9,12H2,(H,22,23)/b18-10-. The molecule has 4 rings (SSSR count). The number of hydrogen-bond acceptors (Lipinski definition) is 3. The third-order valence-electron chi connectivity index (χ3n) is 4.42. The summed E-state index contributed by atoms with van der Waals surface area (Å²) in [5, 5.41) is 3.45. The summed E-state index contributed by atoms with van der Waals surface area (Å²) in [5.74, 6) is 0.691. The molecule has 1 saturated heterocycles. The molecule has 1 fully saturated rings. The molecule has 1 atom stereocenters. The number of nitrogens with one attached hydrogen (secondary N) is 1. The Labute approximate surface area is 151 Å². The Balaban J connectivity index is 1.49. The molecule has 5 heteroatoms. The Morgan fingerprint density at radius 3 is 2.84 bits per heavy atom. The van der Waals surface area contributed by atoms with E-state index < -0.39 is 0 Å². The van der Waals surface area contributed by atoms with Gasteiger partial charge >= 0.3 is 0 Å². The van der Waals surface area contributed by atoms with E-state index in [1.807, 2.05) is 36.4 Å². The molecule has 0 aliphatic carbocycles. The summed E-state index contributed by atoms with van der Waals surface area (Å²) in [6.07, 6.45) is 4.24. The normalized spacial score (nSPS) is 20.6. The van der Waals surface area contributed by atoms with Gasteiger partial charge in [0.1, 0.15) is 12.4 Å². The molecule has 2 aliphatic rings. The van der Waals surface area contributed by atoms with Crippen LogP contribution in [0.25, 0.3) is 11.6 Å². The topological polar surface area (TPSA) is 47.6 Å². The summed E-state index contributed by atoms with van der Waals surface area (Å²) in [5.41, 5.74) is 3.20. The van der Waals surface area contributed by atoms with E-state index in [2.05, 4.69) is 5.32 Å². The van der Waals surface area contributed by atoms with E-state index in [1.165, 1.54) is 0 Å². The second-order valence-electron chi connectivity index (χ2n) is 6.22. The molecule has 0 bridgehead atoms. The number of ether oxygens (including phenoxy) is 2. The van der Waals surface area contributed by atoms with Gasteiger partial charge in [-0.25, -0.2) is 0 Å². The third-order valence-corrected chi connectivity index (χ3v) is 4.65. The molecule has 1 unspecified atom stereocenters.